The van der Waals surface area contributed by atoms with E-state index >= 15 is 0 Å². The smallest absolute Gasteiger partial charge is 0.188 e. The van der Waals surface area contributed by atoms with E-state index in [4.69, 9.17) is 10.5 Å². The molecular weight excluding hydrogens is 190 g/mol. The van der Waals surface area contributed by atoms with Gasteiger partial charge in [-0.05, 0) is 18.8 Å². The molecule has 3 N–H and O–H groups in total. The first kappa shape index (κ1) is 14.2. The highest BCUT2D eigenvalue weighted by molar-refractivity contribution is 5.77. The molecule has 4 heteroatoms. The maximum Gasteiger partial charge on any atom is 0.188 e. The lowest BCUT2D eigenvalue weighted by atomic mass is 10.1. The van der Waals surface area contributed by atoms with Gasteiger partial charge in [-0.2, -0.15) is 0 Å². The van der Waals surface area contributed by atoms with Crippen molar-refractivity contribution in [1.82, 2.24) is 5.32 Å². The van der Waals surface area contributed by atoms with Crippen molar-refractivity contribution in [3.8, 4) is 0 Å². The molecule has 0 bridgehead atoms. The van der Waals surface area contributed by atoms with Gasteiger partial charge in [0.15, 0.2) is 5.96 Å². The van der Waals surface area contributed by atoms with Gasteiger partial charge in [0, 0.05) is 19.7 Å². The van der Waals surface area contributed by atoms with E-state index in [1.54, 1.807) is 0 Å². The summed E-state index contributed by atoms with van der Waals surface area (Å²) in [7, 11) is 0. The molecule has 0 radical (unpaired) electrons. The monoisotopic (exact) mass is 215 g/mol. The third kappa shape index (κ3) is 11.2. The molecule has 15 heavy (non-hydrogen) atoms. The number of nitrogens with one attached hydrogen (secondary N) is 1. The minimum absolute atomic E-state index is 0.518. The van der Waals surface area contributed by atoms with Gasteiger partial charge < -0.3 is 15.8 Å². The number of rotatable bonds is 8. The van der Waals surface area contributed by atoms with Crippen molar-refractivity contribution < 1.29 is 4.74 Å². The fourth-order valence-corrected chi connectivity index (χ4v) is 0.961. The molecule has 0 heterocycles. The first-order chi connectivity index (χ1) is 7.16. The molecule has 0 atom stereocenters. The third-order valence-electron chi connectivity index (χ3n) is 1.90. The van der Waals surface area contributed by atoms with Gasteiger partial charge in [-0.3, -0.25) is 4.99 Å². The van der Waals surface area contributed by atoms with E-state index in [-0.39, 0.29) is 0 Å². The Bertz CT molecular complexity index is 169. The van der Waals surface area contributed by atoms with Crippen LogP contribution in [0.15, 0.2) is 4.99 Å². The number of guanidine groups is 1. The van der Waals surface area contributed by atoms with Crippen molar-refractivity contribution in [2.75, 3.05) is 26.3 Å². The minimum Gasteiger partial charge on any atom is -0.380 e. The Kier molecular flexibility index (Phi) is 9.27. The number of hydrogen-bond acceptors (Lipinski definition) is 2. The third-order valence-corrected chi connectivity index (χ3v) is 1.90. The summed E-state index contributed by atoms with van der Waals surface area (Å²) >= 11 is 0. The Morgan fingerprint density at radius 1 is 1.40 bits per heavy atom. The van der Waals surface area contributed by atoms with Gasteiger partial charge in [-0.25, -0.2) is 0 Å². The molecule has 0 aliphatic carbocycles. The topological polar surface area (TPSA) is 59.6 Å². The Morgan fingerprint density at radius 2 is 2.13 bits per heavy atom. The Labute approximate surface area is 93.3 Å². The Hall–Kier alpha value is -0.770. The highest BCUT2D eigenvalue weighted by Gasteiger charge is 1.94. The molecule has 0 spiro atoms. The molecule has 90 valence electrons. The van der Waals surface area contributed by atoms with Crippen LogP contribution in [0.25, 0.3) is 0 Å². The van der Waals surface area contributed by atoms with Crippen LogP contribution in [0, 0.1) is 5.92 Å². The molecule has 0 aliphatic heterocycles. The predicted octanol–water partition coefficient (Wildman–Crippen LogP) is 1.36. The maximum atomic E-state index is 5.61. The number of aliphatic imine (C=N–C) groups is 1. The zero-order valence-corrected chi connectivity index (χ0v) is 10.3. The first-order valence-corrected chi connectivity index (χ1v) is 5.78. The van der Waals surface area contributed by atoms with E-state index < -0.39 is 0 Å². The van der Waals surface area contributed by atoms with E-state index in [9.17, 15) is 0 Å². The predicted molar refractivity (Wildman–Crippen MR) is 65.1 cm³/mol. The summed E-state index contributed by atoms with van der Waals surface area (Å²) in [5.74, 6) is 1.22. The van der Waals surface area contributed by atoms with E-state index in [1.807, 2.05) is 0 Å². The van der Waals surface area contributed by atoms with Crippen LogP contribution >= 0.6 is 0 Å². The summed E-state index contributed by atoms with van der Waals surface area (Å²) in [4.78, 5) is 4.12. The molecule has 4 nitrogen and oxygen atoms in total. The molecule has 0 aromatic heterocycles. The van der Waals surface area contributed by atoms with Crippen LogP contribution in [-0.4, -0.2) is 32.3 Å². The van der Waals surface area contributed by atoms with Crippen LogP contribution in [0.2, 0.25) is 0 Å². The summed E-state index contributed by atoms with van der Waals surface area (Å²) in [6.45, 7) is 9.49. The van der Waals surface area contributed by atoms with Crippen molar-refractivity contribution in [1.29, 1.82) is 0 Å². The van der Waals surface area contributed by atoms with E-state index in [1.165, 1.54) is 0 Å². The average Bonchev–Trinajstić information content (AvgIpc) is 2.19. The number of hydrogen-bond donors (Lipinski definition) is 2. The van der Waals surface area contributed by atoms with Crippen molar-refractivity contribution in [3.05, 3.63) is 0 Å². The lowest BCUT2D eigenvalue weighted by Crippen LogP contribution is -2.34. The molecular formula is C11H25N3O. The molecule has 0 fully saturated rings. The fraction of sp³-hybridized carbons (Fsp3) is 0.909. The standard InChI is InChI=1S/C11H25N3O/c1-4-6-13-11(12)14-7-9-15-8-5-10(2)3/h10H,4-9H2,1-3H3,(H3,12,13,14). The van der Waals surface area contributed by atoms with Crippen molar-refractivity contribution in [2.24, 2.45) is 16.6 Å². The van der Waals surface area contributed by atoms with Crippen molar-refractivity contribution in [3.63, 3.8) is 0 Å². The zero-order valence-electron chi connectivity index (χ0n) is 10.3. The molecule has 0 rings (SSSR count). The summed E-state index contributed by atoms with van der Waals surface area (Å²) in [6, 6.07) is 0. The normalized spacial score (nSPS) is 12.1. The molecule has 0 saturated carbocycles. The van der Waals surface area contributed by atoms with E-state index in [2.05, 4.69) is 31.1 Å². The highest BCUT2D eigenvalue weighted by atomic mass is 16.5. The zero-order chi connectivity index (χ0) is 11.5. The second kappa shape index (κ2) is 9.77. The van der Waals surface area contributed by atoms with Gasteiger partial charge in [0.25, 0.3) is 0 Å². The average molecular weight is 215 g/mol. The first-order valence-electron chi connectivity index (χ1n) is 5.78. The van der Waals surface area contributed by atoms with Crippen LogP contribution in [0.4, 0.5) is 0 Å². The van der Waals surface area contributed by atoms with Crippen LogP contribution in [0.5, 0.6) is 0 Å². The van der Waals surface area contributed by atoms with Gasteiger partial charge in [0.2, 0.25) is 0 Å². The number of nitrogens with two attached hydrogens (primary N) is 1. The lowest BCUT2D eigenvalue weighted by Gasteiger charge is -2.07. The fourth-order valence-electron chi connectivity index (χ4n) is 0.961. The Balaban J connectivity index is 3.23. The molecule has 0 aromatic carbocycles. The van der Waals surface area contributed by atoms with Gasteiger partial charge in [-0.1, -0.05) is 20.8 Å². The molecule has 0 aliphatic rings. The largest absolute Gasteiger partial charge is 0.380 e. The lowest BCUT2D eigenvalue weighted by molar-refractivity contribution is 0.128. The molecule has 0 aromatic rings. The summed E-state index contributed by atoms with van der Waals surface area (Å²) in [5.41, 5.74) is 5.61. The minimum atomic E-state index is 0.518. The number of ether oxygens (including phenoxy) is 1. The van der Waals surface area contributed by atoms with Crippen LogP contribution in [0.3, 0.4) is 0 Å². The van der Waals surface area contributed by atoms with Gasteiger partial charge in [-0.15, -0.1) is 0 Å². The summed E-state index contributed by atoms with van der Waals surface area (Å²) < 4.78 is 5.43. The van der Waals surface area contributed by atoms with Crippen molar-refractivity contribution >= 4 is 5.96 Å². The SMILES string of the molecule is CCCN=C(N)NCCOCCC(C)C. The van der Waals surface area contributed by atoms with E-state index in [0.29, 0.717) is 18.5 Å². The summed E-state index contributed by atoms with van der Waals surface area (Å²) in [5, 5.41) is 3.01. The summed E-state index contributed by atoms with van der Waals surface area (Å²) in [6.07, 6.45) is 2.13. The molecule has 0 unspecified atom stereocenters. The number of nitrogens with zero attached hydrogens (tertiary/aromatic N) is 1. The molecule has 0 amide bonds. The van der Waals surface area contributed by atoms with Gasteiger partial charge in [0.1, 0.15) is 0 Å². The van der Waals surface area contributed by atoms with Gasteiger partial charge >= 0.3 is 0 Å². The van der Waals surface area contributed by atoms with Crippen LogP contribution < -0.4 is 11.1 Å². The van der Waals surface area contributed by atoms with Crippen molar-refractivity contribution in [2.45, 2.75) is 33.6 Å². The molecule has 0 saturated heterocycles. The maximum absolute atomic E-state index is 5.61. The van der Waals surface area contributed by atoms with E-state index in [0.717, 1.165) is 32.5 Å². The quantitative estimate of drug-likeness (QED) is 0.365. The highest BCUT2D eigenvalue weighted by Crippen LogP contribution is 1.98. The second-order valence-electron chi connectivity index (χ2n) is 3.99. The van der Waals surface area contributed by atoms with Crippen LogP contribution in [0.1, 0.15) is 33.6 Å². The van der Waals surface area contributed by atoms with Crippen LogP contribution in [-0.2, 0) is 4.74 Å². The Morgan fingerprint density at radius 3 is 2.73 bits per heavy atom. The van der Waals surface area contributed by atoms with Gasteiger partial charge in [0.05, 0.1) is 6.61 Å². The second-order valence-corrected chi connectivity index (χ2v) is 3.99.